The molecule has 2 heterocycles. The van der Waals surface area contributed by atoms with Crippen LogP contribution in [0.15, 0.2) is 11.0 Å². The highest BCUT2D eigenvalue weighted by Crippen LogP contribution is 2.34. The monoisotopic (exact) mass is 316 g/mol. The number of nitrogens with zero attached hydrogens (tertiary/aromatic N) is 1. The fourth-order valence-electron chi connectivity index (χ4n) is 2.90. The minimum Gasteiger partial charge on any atom is -0.315 e. The third-order valence-corrected chi connectivity index (χ3v) is 7.11. The number of hydrogen-bond donors (Lipinski definition) is 1. The van der Waals surface area contributed by atoms with E-state index in [1.807, 2.05) is 20.0 Å². The molecule has 114 valence electrons. The maximum atomic E-state index is 12.9. The van der Waals surface area contributed by atoms with Crippen LogP contribution < -0.4 is 5.32 Å². The molecule has 1 unspecified atom stereocenters. The molecule has 1 saturated heterocycles. The lowest BCUT2D eigenvalue weighted by molar-refractivity contribution is 0.315. The standard InChI is InChI=1S/C14H24N2O2S2/c1-10(2)13-6-5-7-16(13)20(17,18)14-8-12(9-15-4)19-11(14)3/h8,10,13,15H,5-7,9H2,1-4H3. The van der Waals surface area contributed by atoms with E-state index in [0.29, 0.717) is 23.9 Å². The first kappa shape index (κ1) is 15.9. The average Bonchev–Trinajstić information content (AvgIpc) is 2.96. The van der Waals surface area contributed by atoms with Gasteiger partial charge in [0.05, 0.1) is 4.90 Å². The highest BCUT2D eigenvalue weighted by Gasteiger charge is 2.37. The molecule has 0 radical (unpaired) electrons. The zero-order chi connectivity index (χ0) is 14.9. The fourth-order valence-corrected chi connectivity index (χ4v) is 6.34. The molecule has 20 heavy (non-hydrogen) atoms. The van der Waals surface area contributed by atoms with Gasteiger partial charge in [-0.2, -0.15) is 4.31 Å². The molecule has 0 aliphatic carbocycles. The maximum absolute atomic E-state index is 12.9. The van der Waals surface area contributed by atoms with Crippen molar-refractivity contribution in [1.82, 2.24) is 9.62 Å². The summed E-state index contributed by atoms with van der Waals surface area (Å²) in [5.41, 5.74) is 0. The molecule has 1 aromatic rings. The summed E-state index contributed by atoms with van der Waals surface area (Å²) in [6, 6.07) is 1.98. The third-order valence-electron chi connectivity index (χ3n) is 3.88. The highest BCUT2D eigenvalue weighted by molar-refractivity contribution is 7.89. The predicted octanol–water partition coefficient (Wildman–Crippen LogP) is 2.59. The summed E-state index contributed by atoms with van der Waals surface area (Å²) in [6.07, 6.45) is 1.94. The van der Waals surface area contributed by atoms with Crippen LogP contribution in [0.4, 0.5) is 0 Å². The smallest absolute Gasteiger partial charge is 0.244 e. The van der Waals surface area contributed by atoms with Crippen LogP contribution in [-0.2, 0) is 16.6 Å². The second-order valence-electron chi connectivity index (χ2n) is 5.73. The van der Waals surface area contributed by atoms with Gasteiger partial charge >= 0.3 is 0 Å². The highest BCUT2D eigenvalue weighted by atomic mass is 32.2. The van der Waals surface area contributed by atoms with E-state index in [0.717, 1.165) is 22.6 Å². The van der Waals surface area contributed by atoms with Gasteiger partial charge in [-0.25, -0.2) is 8.42 Å². The normalized spacial score (nSPS) is 20.9. The fraction of sp³-hybridized carbons (Fsp3) is 0.714. The Bertz CT molecular complexity index is 564. The van der Waals surface area contributed by atoms with E-state index in [2.05, 4.69) is 19.2 Å². The van der Waals surface area contributed by atoms with Crippen LogP contribution >= 0.6 is 11.3 Å². The molecule has 1 N–H and O–H groups in total. The molecule has 2 rings (SSSR count). The molecule has 6 heteroatoms. The largest absolute Gasteiger partial charge is 0.315 e. The zero-order valence-corrected chi connectivity index (χ0v) is 14.3. The minimum atomic E-state index is -3.35. The first-order valence-electron chi connectivity index (χ1n) is 7.13. The summed E-state index contributed by atoms with van der Waals surface area (Å²) in [4.78, 5) is 2.47. The first-order chi connectivity index (χ1) is 9.37. The molecule has 1 aromatic heterocycles. The van der Waals surface area contributed by atoms with Gasteiger partial charge in [0.2, 0.25) is 10.0 Å². The second-order valence-corrected chi connectivity index (χ2v) is 8.93. The van der Waals surface area contributed by atoms with Crippen LogP contribution in [0.3, 0.4) is 0 Å². The molecule has 1 fully saturated rings. The van der Waals surface area contributed by atoms with Crippen molar-refractivity contribution in [3.8, 4) is 0 Å². The van der Waals surface area contributed by atoms with Crippen molar-refractivity contribution in [2.75, 3.05) is 13.6 Å². The van der Waals surface area contributed by atoms with Crippen LogP contribution in [0.5, 0.6) is 0 Å². The Balaban J connectivity index is 2.35. The van der Waals surface area contributed by atoms with Crippen molar-refractivity contribution >= 4 is 21.4 Å². The third kappa shape index (κ3) is 2.93. The van der Waals surface area contributed by atoms with Crippen LogP contribution in [0.2, 0.25) is 0 Å². The van der Waals surface area contributed by atoms with Crippen LogP contribution in [0, 0.1) is 12.8 Å². The molecule has 0 bridgehead atoms. The Morgan fingerprint density at radius 1 is 1.50 bits per heavy atom. The second kappa shape index (κ2) is 6.13. The van der Waals surface area contributed by atoms with Gasteiger partial charge in [-0.15, -0.1) is 11.3 Å². The molecular weight excluding hydrogens is 292 g/mol. The van der Waals surface area contributed by atoms with Gasteiger partial charge in [-0.05, 0) is 38.8 Å². The average molecular weight is 316 g/mol. The van der Waals surface area contributed by atoms with Gasteiger partial charge in [0.1, 0.15) is 0 Å². The number of rotatable bonds is 5. The lowest BCUT2D eigenvalue weighted by atomic mass is 10.0. The molecule has 1 aliphatic heterocycles. The Labute approximate surface area is 126 Å². The van der Waals surface area contributed by atoms with E-state index < -0.39 is 10.0 Å². The van der Waals surface area contributed by atoms with Crippen molar-refractivity contribution in [3.63, 3.8) is 0 Å². The van der Waals surface area contributed by atoms with E-state index in [-0.39, 0.29) is 6.04 Å². The van der Waals surface area contributed by atoms with Crippen molar-refractivity contribution in [1.29, 1.82) is 0 Å². The lowest BCUT2D eigenvalue weighted by Gasteiger charge is -2.26. The summed E-state index contributed by atoms with van der Waals surface area (Å²) >= 11 is 1.57. The minimum absolute atomic E-state index is 0.145. The predicted molar refractivity (Wildman–Crippen MR) is 83.6 cm³/mol. The lowest BCUT2D eigenvalue weighted by Crippen LogP contribution is -2.38. The molecule has 0 amide bonds. The number of hydrogen-bond acceptors (Lipinski definition) is 4. The molecule has 1 aliphatic rings. The van der Waals surface area contributed by atoms with Gasteiger partial charge < -0.3 is 5.32 Å². The Morgan fingerprint density at radius 3 is 2.80 bits per heavy atom. The number of thiophene rings is 1. The zero-order valence-electron chi connectivity index (χ0n) is 12.6. The SMILES string of the molecule is CNCc1cc(S(=O)(=O)N2CCCC2C(C)C)c(C)s1. The van der Waals surface area contributed by atoms with Gasteiger partial charge in [-0.3, -0.25) is 0 Å². The molecule has 0 spiro atoms. The topological polar surface area (TPSA) is 49.4 Å². The van der Waals surface area contributed by atoms with Crippen molar-refractivity contribution < 1.29 is 8.42 Å². The molecule has 0 aromatic carbocycles. The number of nitrogens with one attached hydrogen (secondary N) is 1. The van der Waals surface area contributed by atoms with Crippen LogP contribution in [0.1, 0.15) is 36.4 Å². The van der Waals surface area contributed by atoms with Gasteiger partial charge in [0.15, 0.2) is 0 Å². The van der Waals surface area contributed by atoms with E-state index in [1.54, 1.807) is 15.6 Å². The van der Waals surface area contributed by atoms with Crippen LogP contribution in [0.25, 0.3) is 0 Å². The van der Waals surface area contributed by atoms with Crippen molar-refractivity contribution in [2.24, 2.45) is 5.92 Å². The molecular formula is C14H24N2O2S2. The van der Waals surface area contributed by atoms with E-state index in [1.165, 1.54) is 0 Å². The Hall–Kier alpha value is -0.430. The van der Waals surface area contributed by atoms with Crippen molar-refractivity contribution in [3.05, 3.63) is 15.8 Å². The first-order valence-corrected chi connectivity index (χ1v) is 9.39. The van der Waals surface area contributed by atoms with E-state index in [4.69, 9.17) is 0 Å². The van der Waals surface area contributed by atoms with Crippen molar-refractivity contribution in [2.45, 2.75) is 51.1 Å². The molecule has 0 saturated carbocycles. The van der Waals surface area contributed by atoms with E-state index in [9.17, 15) is 8.42 Å². The van der Waals surface area contributed by atoms with Gasteiger partial charge in [0.25, 0.3) is 0 Å². The summed E-state index contributed by atoms with van der Waals surface area (Å²) in [5, 5.41) is 3.07. The summed E-state index contributed by atoms with van der Waals surface area (Å²) in [7, 11) is -1.47. The Kier molecular flexibility index (Phi) is 4.89. The number of aryl methyl sites for hydroxylation is 1. The van der Waals surface area contributed by atoms with Gasteiger partial charge in [0, 0.05) is 28.9 Å². The summed E-state index contributed by atoms with van der Waals surface area (Å²) in [6.45, 7) is 7.48. The quantitative estimate of drug-likeness (QED) is 0.908. The Morgan fingerprint density at radius 2 is 2.20 bits per heavy atom. The van der Waals surface area contributed by atoms with Crippen LogP contribution in [-0.4, -0.2) is 32.4 Å². The molecule has 1 atom stereocenters. The molecule has 4 nitrogen and oxygen atoms in total. The number of sulfonamides is 1. The summed E-state index contributed by atoms with van der Waals surface area (Å²) in [5.74, 6) is 0.364. The maximum Gasteiger partial charge on any atom is 0.244 e. The van der Waals surface area contributed by atoms with E-state index >= 15 is 0 Å². The summed E-state index contributed by atoms with van der Waals surface area (Å²) < 4.78 is 27.5. The van der Waals surface area contributed by atoms with Gasteiger partial charge in [-0.1, -0.05) is 13.8 Å².